The highest BCUT2D eigenvalue weighted by Gasteiger charge is 2.23. The highest BCUT2D eigenvalue weighted by atomic mass is 16.4. The Labute approximate surface area is 83.3 Å². The number of likely N-dealkylation sites (N-methyl/N-ethyl adjacent to an activating group) is 2. The number of nitrogens with zero attached hydrogens (tertiary/aromatic N) is 1. The smallest absolute Gasteiger partial charge is 0.330 e. The minimum atomic E-state index is -1.17. The highest BCUT2D eigenvalue weighted by Crippen LogP contribution is 1.83. The van der Waals surface area contributed by atoms with Gasteiger partial charge in [-0.25, -0.2) is 4.79 Å². The van der Waals surface area contributed by atoms with E-state index < -0.39 is 17.9 Å². The largest absolute Gasteiger partial charge is 0.480 e. The molecule has 1 amide bonds. The van der Waals surface area contributed by atoms with Gasteiger partial charge in [0.2, 0.25) is 5.91 Å². The van der Waals surface area contributed by atoms with Crippen LogP contribution in [0.3, 0.4) is 0 Å². The molecule has 0 aromatic rings. The Morgan fingerprint density at radius 3 is 2.36 bits per heavy atom. The minimum Gasteiger partial charge on any atom is -0.480 e. The molecule has 0 heterocycles. The highest BCUT2D eigenvalue weighted by molar-refractivity contribution is 6.01. The number of carbonyl (C=O) groups excluding carboxylic acids is 1. The van der Waals surface area contributed by atoms with Gasteiger partial charge in [0.05, 0.1) is 0 Å². The molecule has 0 bridgehead atoms. The summed E-state index contributed by atoms with van der Waals surface area (Å²) >= 11 is 0. The lowest BCUT2D eigenvalue weighted by Crippen LogP contribution is -2.49. The molecule has 0 aromatic carbocycles. The van der Waals surface area contributed by atoms with Crippen molar-refractivity contribution in [2.24, 2.45) is 0 Å². The predicted octanol–water partition coefficient (Wildman–Crippen LogP) is -1.66. The normalized spacial score (nSPS) is 12.6. The van der Waals surface area contributed by atoms with Gasteiger partial charge in [-0.3, -0.25) is 10.1 Å². The minimum absolute atomic E-state index is 0.442. The molecule has 6 heteroatoms. The molecule has 0 radical (unpaired) electrons. The van der Waals surface area contributed by atoms with E-state index in [2.05, 4.69) is 10.6 Å². The zero-order valence-electron chi connectivity index (χ0n) is 8.70. The van der Waals surface area contributed by atoms with Gasteiger partial charge in [0.15, 0.2) is 6.04 Å². The maximum atomic E-state index is 11.2. The molecule has 1 atom stereocenters. The summed E-state index contributed by atoms with van der Waals surface area (Å²) in [5.41, 5.74) is 0. The van der Waals surface area contributed by atoms with E-state index >= 15 is 0 Å². The summed E-state index contributed by atoms with van der Waals surface area (Å²) in [7, 11) is 5.18. The van der Waals surface area contributed by atoms with E-state index in [1.807, 2.05) is 19.0 Å². The fourth-order valence-corrected chi connectivity index (χ4v) is 0.871. The van der Waals surface area contributed by atoms with Gasteiger partial charge in [0.1, 0.15) is 0 Å². The van der Waals surface area contributed by atoms with Crippen LogP contribution in [-0.2, 0) is 9.59 Å². The van der Waals surface area contributed by atoms with Crippen LogP contribution in [0.4, 0.5) is 0 Å². The number of carbonyl (C=O) groups is 2. The first-order valence-electron chi connectivity index (χ1n) is 4.31. The lowest BCUT2D eigenvalue weighted by molar-refractivity contribution is -0.143. The summed E-state index contributed by atoms with van der Waals surface area (Å²) < 4.78 is 0. The molecule has 3 N–H and O–H groups in total. The first-order valence-corrected chi connectivity index (χ1v) is 4.31. The average Bonchev–Trinajstić information content (AvgIpc) is 2.03. The lowest BCUT2D eigenvalue weighted by atomic mass is 10.3. The van der Waals surface area contributed by atoms with E-state index in [-0.39, 0.29) is 0 Å². The predicted molar refractivity (Wildman–Crippen MR) is 52.0 cm³/mol. The molecule has 0 saturated carbocycles. The molecule has 0 aliphatic carbocycles. The zero-order chi connectivity index (χ0) is 11.1. The Morgan fingerprint density at radius 1 is 1.43 bits per heavy atom. The molecule has 1 unspecified atom stereocenters. The van der Waals surface area contributed by atoms with Crippen LogP contribution in [-0.4, -0.2) is 62.2 Å². The molecule has 0 fully saturated rings. The second kappa shape index (κ2) is 6.33. The van der Waals surface area contributed by atoms with Crippen molar-refractivity contribution in [3.8, 4) is 0 Å². The number of hydrogen-bond donors (Lipinski definition) is 3. The van der Waals surface area contributed by atoms with Crippen LogP contribution in [0.1, 0.15) is 0 Å². The van der Waals surface area contributed by atoms with Crippen molar-refractivity contribution in [2.45, 2.75) is 6.04 Å². The van der Waals surface area contributed by atoms with E-state index in [1.54, 1.807) is 0 Å². The summed E-state index contributed by atoms with van der Waals surface area (Å²) in [5, 5.41) is 13.6. The summed E-state index contributed by atoms with van der Waals surface area (Å²) in [6, 6.07) is -1.17. The Bertz CT molecular complexity index is 206. The molecule has 0 aliphatic heterocycles. The molecule has 0 saturated heterocycles. The van der Waals surface area contributed by atoms with Gasteiger partial charge in [-0.05, 0) is 21.1 Å². The van der Waals surface area contributed by atoms with E-state index in [0.717, 1.165) is 0 Å². The van der Waals surface area contributed by atoms with Crippen LogP contribution in [0, 0.1) is 0 Å². The Morgan fingerprint density at radius 2 is 2.00 bits per heavy atom. The molecule has 6 nitrogen and oxygen atoms in total. The second-order valence-electron chi connectivity index (χ2n) is 3.15. The standard InChI is InChI=1S/C8H17N3O3/c1-9-6(8(13)14)7(12)10-4-5-11(2)3/h6,9H,4-5H2,1-3H3,(H,10,12)(H,13,14). The van der Waals surface area contributed by atoms with Gasteiger partial charge >= 0.3 is 5.97 Å². The zero-order valence-corrected chi connectivity index (χ0v) is 8.70. The average molecular weight is 203 g/mol. The monoisotopic (exact) mass is 203 g/mol. The number of carboxylic acid groups (broad SMARTS) is 1. The third kappa shape index (κ3) is 4.78. The van der Waals surface area contributed by atoms with Crippen molar-refractivity contribution in [1.82, 2.24) is 15.5 Å². The van der Waals surface area contributed by atoms with E-state index in [1.165, 1.54) is 7.05 Å². The first kappa shape index (κ1) is 12.9. The van der Waals surface area contributed by atoms with Crippen LogP contribution < -0.4 is 10.6 Å². The third-order valence-electron chi connectivity index (χ3n) is 1.66. The Balaban J connectivity index is 3.87. The van der Waals surface area contributed by atoms with Crippen LogP contribution in [0.5, 0.6) is 0 Å². The molecule has 0 spiro atoms. The fraction of sp³-hybridized carbons (Fsp3) is 0.750. The van der Waals surface area contributed by atoms with Crippen molar-refractivity contribution in [3.63, 3.8) is 0 Å². The summed E-state index contributed by atoms with van der Waals surface area (Å²) in [5.74, 6) is -1.68. The summed E-state index contributed by atoms with van der Waals surface area (Å²) in [6.45, 7) is 1.12. The number of amides is 1. The van der Waals surface area contributed by atoms with Gasteiger partial charge in [-0.1, -0.05) is 0 Å². The van der Waals surface area contributed by atoms with Gasteiger partial charge in [-0.15, -0.1) is 0 Å². The molecular formula is C8H17N3O3. The number of aliphatic carboxylic acids is 1. The van der Waals surface area contributed by atoms with Gasteiger partial charge in [-0.2, -0.15) is 0 Å². The number of nitrogens with one attached hydrogen (secondary N) is 2. The first-order chi connectivity index (χ1) is 6.49. The molecule has 0 rings (SSSR count). The van der Waals surface area contributed by atoms with E-state index in [4.69, 9.17) is 5.11 Å². The van der Waals surface area contributed by atoms with Gasteiger partial charge in [0, 0.05) is 13.1 Å². The fourth-order valence-electron chi connectivity index (χ4n) is 0.871. The molecule has 0 aromatic heterocycles. The van der Waals surface area contributed by atoms with Crippen LogP contribution >= 0.6 is 0 Å². The number of hydrogen-bond acceptors (Lipinski definition) is 4. The number of rotatable bonds is 6. The van der Waals surface area contributed by atoms with E-state index in [0.29, 0.717) is 13.1 Å². The lowest BCUT2D eigenvalue weighted by Gasteiger charge is -2.13. The van der Waals surface area contributed by atoms with Crippen molar-refractivity contribution in [2.75, 3.05) is 34.2 Å². The number of carboxylic acids is 1. The quantitative estimate of drug-likeness (QED) is 0.450. The van der Waals surface area contributed by atoms with E-state index in [9.17, 15) is 9.59 Å². The van der Waals surface area contributed by atoms with Crippen LogP contribution in [0.2, 0.25) is 0 Å². The Hall–Kier alpha value is -1.14. The molecule has 14 heavy (non-hydrogen) atoms. The second-order valence-corrected chi connectivity index (χ2v) is 3.15. The molecule has 82 valence electrons. The Kier molecular flexibility index (Phi) is 5.82. The molecule has 0 aliphatic rings. The maximum Gasteiger partial charge on any atom is 0.330 e. The van der Waals surface area contributed by atoms with Crippen molar-refractivity contribution in [1.29, 1.82) is 0 Å². The molecular weight excluding hydrogens is 186 g/mol. The summed E-state index contributed by atoms with van der Waals surface area (Å²) in [4.78, 5) is 23.7. The topological polar surface area (TPSA) is 81.7 Å². The van der Waals surface area contributed by atoms with Crippen molar-refractivity contribution >= 4 is 11.9 Å². The maximum absolute atomic E-state index is 11.2. The van der Waals surface area contributed by atoms with Gasteiger partial charge in [0.25, 0.3) is 0 Å². The van der Waals surface area contributed by atoms with Crippen LogP contribution in [0.25, 0.3) is 0 Å². The van der Waals surface area contributed by atoms with Gasteiger partial charge < -0.3 is 15.3 Å². The van der Waals surface area contributed by atoms with Crippen LogP contribution in [0.15, 0.2) is 0 Å². The third-order valence-corrected chi connectivity index (χ3v) is 1.66. The SMILES string of the molecule is CNC(C(=O)O)C(=O)NCCN(C)C. The van der Waals surface area contributed by atoms with Crippen molar-refractivity contribution < 1.29 is 14.7 Å². The van der Waals surface area contributed by atoms with Crippen molar-refractivity contribution in [3.05, 3.63) is 0 Å². The summed E-state index contributed by atoms with van der Waals surface area (Å²) in [6.07, 6.45) is 0.